The predicted molar refractivity (Wildman–Crippen MR) is 76.2 cm³/mol. The van der Waals surface area contributed by atoms with Crippen LogP contribution < -0.4 is 0 Å². The first kappa shape index (κ1) is 13.0. The van der Waals surface area contributed by atoms with Crippen molar-refractivity contribution in [2.45, 2.75) is 25.4 Å². The Kier molecular flexibility index (Phi) is 2.61. The number of carbonyl (C=O) groups is 1. The molecule has 2 heterocycles. The van der Waals surface area contributed by atoms with Crippen LogP contribution in [0.4, 0.5) is 4.39 Å². The highest BCUT2D eigenvalue weighted by Gasteiger charge is 2.40. The highest BCUT2D eigenvalue weighted by molar-refractivity contribution is 6.00. The van der Waals surface area contributed by atoms with Crippen LogP contribution in [0.2, 0.25) is 0 Å². The van der Waals surface area contributed by atoms with Gasteiger partial charge in [-0.3, -0.25) is 9.48 Å². The molecule has 22 heavy (non-hydrogen) atoms. The van der Waals surface area contributed by atoms with E-state index in [4.69, 9.17) is 0 Å². The summed E-state index contributed by atoms with van der Waals surface area (Å²) in [7, 11) is 1.70. The largest absolute Gasteiger partial charge is 0.331 e. The summed E-state index contributed by atoms with van der Waals surface area (Å²) in [4.78, 5) is 14.1. The fourth-order valence-corrected chi connectivity index (χ4v) is 3.12. The van der Waals surface area contributed by atoms with Gasteiger partial charge in [0.2, 0.25) is 0 Å². The normalized spacial score (nSPS) is 16.8. The minimum absolute atomic E-state index is 0.163. The van der Waals surface area contributed by atoms with Crippen molar-refractivity contribution >= 4 is 5.91 Å². The number of nitriles is 1. The fourth-order valence-electron chi connectivity index (χ4n) is 3.12. The molecule has 1 aliphatic carbocycles. The Labute approximate surface area is 126 Å². The number of nitrogens with zero attached hydrogens (tertiary/aromatic N) is 4. The van der Waals surface area contributed by atoms with Gasteiger partial charge in [0.15, 0.2) is 0 Å². The van der Waals surface area contributed by atoms with Gasteiger partial charge in [-0.2, -0.15) is 10.4 Å². The van der Waals surface area contributed by atoms with Crippen LogP contribution in [-0.2, 0) is 13.6 Å². The zero-order valence-corrected chi connectivity index (χ0v) is 12.0. The fraction of sp³-hybridized carbons (Fsp3) is 0.312. The average molecular weight is 296 g/mol. The molecule has 1 amide bonds. The third-order valence-corrected chi connectivity index (χ3v) is 4.38. The van der Waals surface area contributed by atoms with Crippen molar-refractivity contribution in [1.29, 1.82) is 5.26 Å². The van der Waals surface area contributed by atoms with E-state index < -0.39 is 5.82 Å². The van der Waals surface area contributed by atoms with E-state index >= 15 is 0 Å². The maximum atomic E-state index is 14.6. The number of rotatable bonds is 2. The van der Waals surface area contributed by atoms with Crippen LogP contribution in [-0.4, -0.2) is 26.6 Å². The summed E-state index contributed by atoms with van der Waals surface area (Å²) in [6, 6.07) is 5.27. The van der Waals surface area contributed by atoms with Gasteiger partial charge in [0.05, 0.1) is 16.8 Å². The lowest BCUT2D eigenvalue weighted by molar-refractivity contribution is 0.0766. The molecular weight excluding hydrogens is 283 g/mol. The lowest BCUT2D eigenvalue weighted by Crippen LogP contribution is -2.25. The molecule has 1 fully saturated rings. The summed E-state index contributed by atoms with van der Waals surface area (Å²) < 4.78 is 16.1. The van der Waals surface area contributed by atoms with E-state index in [2.05, 4.69) is 11.2 Å². The first-order valence-electron chi connectivity index (χ1n) is 7.16. The van der Waals surface area contributed by atoms with Crippen LogP contribution in [0.15, 0.2) is 18.3 Å². The Morgan fingerprint density at radius 1 is 1.45 bits per heavy atom. The molecule has 2 aliphatic rings. The van der Waals surface area contributed by atoms with Crippen molar-refractivity contribution in [2.24, 2.45) is 7.05 Å². The quantitative estimate of drug-likeness (QED) is 0.853. The molecule has 0 saturated heterocycles. The molecule has 0 atom stereocenters. The third-order valence-electron chi connectivity index (χ3n) is 4.38. The lowest BCUT2D eigenvalue weighted by atomic mass is 9.95. The van der Waals surface area contributed by atoms with Gasteiger partial charge in [-0.25, -0.2) is 4.39 Å². The van der Waals surface area contributed by atoms with Crippen molar-refractivity contribution in [3.8, 4) is 17.3 Å². The van der Waals surface area contributed by atoms with E-state index in [-0.39, 0.29) is 23.1 Å². The van der Waals surface area contributed by atoms with Crippen molar-refractivity contribution in [3.05, 3.63) is 40.8 Å². The van der Waals surface area contributed by atoms with Gasteiger partial charge in [-0.05, 0) is 25.0 Å². The smallest absolute Gasteiger partial charge is 0.254 e. The van der Waals surface area contributed by atoms with Crippen LogP contribution >= 0.6 is 0 Å². The second-order valence-corrected chi connectivity index (χ2v) is 5.75. The van der Waals surface area contributed by atoms with Gasteiger partial charge in [-0.1, -0.05) is 0 Å². The number of aromatic nitrogens is 2. The van der Waals surface area contributed by atoms with Crippen molar-refractivity contribution in [2.75, 3.05) is 0 Å². The Hall–Kier alpha value is -2.68. The third kappa shape index (κ3) is 1.69. The molecule has 5 nitrogen and oxygen atoms in total. The monoisotopic (exact) mass is 296 g/mol. The van der Waals surface area contributed by atoms with Gasteiger partial charge in [0.1, 0.15) is 11.9 Å². The van der Waals surface area contributed by atoms with Gasteiger partial charge < -0.3 is 4.90 Å². The second kappa shape index (κ2) is 4.41. The number of benzene rings is 1. The summed E-state index contributed by atoms with van der Waals surface area (Å²) >= 11 is 0. The number of carbonyl (C=O) groups excluding carboxylic acids is 1. The SMILES string of the molecule is Cn1nccc1-c1c(F)cc2c(c1C#N)CN(C1CC1)C2=O. The molecule has 0 radical (unpaired) electrons. The Morgan fingerprint density at radius 2 is 2.23 bits per heavy atom. The summed E-state index contributed by atoms with van der Waals surface area (Å²) in [6.45, 7) is 0.396. The zero-order chi connectivity index (χ0) is 15.4. The van der Waals surface area contributed by atoms with Gasteiger partial charge in [-0.15, -0.1) is 0 Å². The lowest BCUT2D eigenvalue weighted by Gasteiger charge is -2.13. The second-order valence-electron chi connectivity index (χ2n) is 5.75. The van der Waals surface area contributed by atoms with E-state index in [1.807, 2.05) is 0 Å². The van der Waals surface area contributed by atoms with Gasteiger partial charge >= 0.3 is 0 Å². The number of fused-ring (bicyclic) bond motifs is 1. The molecule has 1 aromatic carbocycles. The molecule has 1 aromatic heterocycles. The highest BCUT2D eigenvalue weighted by atomic mass is 19.1. The minimum Gasteiger partial charge on any atom is -0.331 e. The summed E-state index contributed by atoms with van der Waals surface area (Å²) in [5, 5.41) is 13.6. The first-order valence-corrected chi connectivity index (χ1v) is 7.16. The predicted octanol–water partition coefficient (Wildman–Crippen LogP) is 2.22. The molecule has 0 N–H and O–H groups in total. The number of amides is 1. The molecule has 6 heteroatoms. The molecule has 1 aliphatic heterocycles. The van der Waals surface area contributed by atoms with Crippen LogP contribution in [0.1, 0.15) is 34.3 Å². The van der Waals surface area contributed by atoms with E-state index in [9.17, 15) is 14.4 Å². The number of hydrogen-bond acceptors (Lipinski definition) is 3. The van der Waals surface area contributed by atoms with E-state index in [1.165, 1.54) is 10.7 Å². The molecule has 4 rings (SSSR count). The maximum absolute atomic E-state index is 14.6. The topological polar surface area (TPSA) is 61.9 Å². The van der Waals surface area contributed by atoms with Crippen LogP contribution in [0.5, 0.6) is 0 Å². The Morgan fingerprint density at radius 3 is 2.82 bits per heavy atom. The summed E-state index contributed by atoms with van der Waals surface area (Å²) in [6.07, 6.45) is 3.53. The zero-order valence-electron chi connectivity index (χ0n) is 12.0. The number of halogens is 1. The van der Waals surface area contributed by atoms with Crippen LogP contribution in [0, 0.1) is 17.1 Å². The minimum atomic E-state index is -0.551. The molecule has 0 spiro atoms. The molecule has 0 unspecified atom stereocenters. The van der Waals surface area contributed by atoms with Crippen molar-refractivity contribution in [3.63, 3.8) is 0 Å². The first-order chi connectivity index (χ1) is 10.6. The molecule has 110 valence electrons. The van der Waals surface area contributed by atoms with Crippen molar-refractivity contribution < 1.29 is 9.18 Å². The Bertz CT molecular complexity index is 845. The molecule has 1 saturated carbocycles. The van der Waals surface area contributed by atoms with E-state index in [0.717, 1.165) is 12.8 Å². The molecular formula is C16H13FN4O. The van der Waals surface area contributed by atoms with Gasteiger partial charge in [0, 0.05) is 37.0 Å². The highest BCUT2D eigenvalue weighted by Crippen LogP contribution is 2.39. The van der Waals surface area contributed by atoms with E-state index in [1.54, 1.807) is 24.2 Å². The summed E-state index contributed by atoms with van der Waals surface area (Å²) in [5.74, 6) is -0.714. The Balaban J connectivity index is 1.94. The van der Waals surface area contributed by atoms with E-state index in [0.29, 0.717) is 23.4 Å². The maximum Gasteiger partial charge on any atom is 0.254 e. The average Bonchev–Trinajstić information content (AvgIpc) is 3.18. The number of hydrogen-bond donors (Lipinski definition) is 0. The van der Waals surface area contributed by atoms with Crippen LogP contribution in [0.3, 0.4) is 0 Å². The molecule has 2 aromatic rings. The standard InChI is InChI=1S/C16H13FN4O/c1-20-14(4-5-19-20)15-11(7-18)12-8-21(9-2-3-9)16(22)10(12)6-13(15)17/h4-6,9H,2-3,8H2,1H3. The van der Waals surface area contributed by atoms with Crippen molar-refractivity contribution in [1.82, 2.24) is 14.7 Å². The van der Waals surface area contributed by atoms with Gasteiger partial charge in [0.25, 0.3) is 5.91 Å². The molecule has 0 bridgehead atoms. The summed E-state index contributed by atoms with van der Waals surface area (Å²) in [5.41, 5.74) is 1.97. The van der Waals surface area contributed by atoms with Crippen LogP contribution in [0.25, 0.3) is 11.3 Å². The number of aryl methyl sites for hydroxylation is 1.